The van der Waals surface area contributed by atoms with E-state index in [2.05, 4.69) is 10.6 Å². The number of thiophene rings is 1. The highest BCUT2D eigenvalue weighted by Crippen LogP contribution is 2.20. The lowest BCUT2D eigenvalue weighted by Crippen LogP contribution is -2.44. The van der Waals surface area contributed by atoms with Crippen LogP contribution in [0.15, 0.2) is 12.1 Å². The monoisotopic (exact) mass is 227 g/mol. The zero-order valence-corrected chi connectivity index (χ0v) is 10.1. The molecule has 0 aliphatic heterocycles. The Morgan fingerprint density at radius 2 is 2.20 bits per heavy atom. The number of anilines is 1. The van der Waals surface area contributed by atoms with Gasteiger partial charge in [-0.3, -0.25) is 4.79 Å². The maximum absolute atomic E-state index is 11.6. The van der Waals surface area contributed by atoms with Gasteiger partial charge in [-0.1, -0.05) is 0 Å². The lowest BCUT2D eigenvalue weighted by molar-refractivity contribution is 0.0950. The molecule has 1 aromatic heterocycles. The van der Waals surface area contributed by atoms with Crippen molar-refractivity contribution in [1.82, 2.24) is 5.32 Å². The lowest BCUT2D eigenvalue weighted by atomic mass is 10.1. The van der Waals surface area contributed by atoms with Crippen LogP contribution in [-0.4, -0.2) is 25.0 Å². The maximum Gasteiger partial charge on any atom is 0.261 e. The Balaban J connectivity index is 2.54. The third-order valence-electron chi connectivity index (χ3n) is 1.78. The van der Waals surface area contributed by atoms with Gasteiger partial charge in [0, 0.05) is 19.1 Å². The zero-order valence-electron chi connectivity index (χ0n) is 9.26. The van der Waals surface area contributed by atoms with Crippen molar-refractivity contribution in [2.75, 3.05) is 18.9 Å². The summed E-state index contributed by atoms with van der Waals surface area (Å²) in [4.78, 5) is 12.3. The van der Waals surface area contributed by atoms with Gasteiger partial charge in [0.05, 0.1) is 9.88 Å². The summed E-state index contributed by atoms with van der Waals surface area (Å²) in [7, 11) is 1.83. The van der Waals surface area contributed by atoms with Gasteiger partial charge in [-0.15, -0.1) is 11.3 Å². The first-order chi connectivity index (χ1) is 6.92. The quantitative estimate of drug-likeness (QED) is 0.725. The van der Waals surface area contributed by atoms with Crippen LogP contribution in [0.3, 0.4) is 0 Å². The van der Waals surface area contributed by atoms with Gasteiger partial charge in [-0.2, -0.15) is 0 Å². The van der Waals surface area contributed by atoms with E-state index in [0.29, 0.717) is 11.4 Å². The Morgan fingerprint density at radius 3 is 2.67 bits per heavy atom. The third kappa shape index (κ3) is 3.89. The molecule has 84 valence electrons. The predicted molar refractivity (Wildman–Crippen MR) is 64.5 cm³/mol. The molecule has 0 fully saturated rings. The van der Waals surface area contributed by atoms with Crippen LogP contribution in [0.25, 0.3) is 0 Å². The minimum absolute atomic E-state index is 0.0694. The number of hydrogen-bond acceptors (Lipinski definition) is 4. The van der Waals surface area contributed by atoms with E-state index in [0.717, 1.165) is 5.00 Å². The number of carbonyl (C=O) groups is 1. The molecule has 1 rings (SSSR count). The van der Waals surface area contributed by atoms with Crippen molar-refractivity contribution in [2.24, 2.45) is 5.73 Å². The van der Waals surface area contributed by atoms with Crippen molar-refractivity contribution in [3.63, 3.8) is 0 Å². The topological polar surface area (TPSA) is 67.2 Å². The average molecular weight is 227 g/mol. The van der Waals surface area contributed by atoms with Gasteiger partial charge < -0.3 is 16.4 Å². The minimum atomic E-state index is -0.376. The number of nitrogens with two attached hydrogens (primary N) is 1. The highest BCUT2D eigenvalue weighted by Gasteiger charge is 2.14. The molecule has 4 nitrogen and oxygen atoms in total. The van der Waals surface area contributed by atoms with Crippen LogP contribution in [0, 0.1) is 0 Å². The van der Waals surface area contributed by atoms with Crippen molar-refractivity contribution in [1.29, 1.82) is 0 Å². The predicted octanol–water partition coefficient (Wildman–Crippen LogP) is 1.26. The fourth-order valence-corrected chi connectivity index (χ4v) is 1.77. The Morgan fingerprint density at radius 1 is 1.53 bits per heavy atom. The van der Waals surface area contributed by atoms with E-state index in [9.17, 15) is 4.79 Å². The van der Waals surface area contributed by atoms with Crippen LogP contribution >= 0.6 is 11.3 Å². The molecule has 5 heteroatoms. The highest BCUT2D eigenvalue weighted by molar-refractivity contribution is 7.17. The molecule has 0 unspecified atom stereocenters. The highest BCUT2D eigenvalue weighted by atomic mass is 32.1. The first-order valence-electron chi connectivity index (χ1n) is 4.77. The van der Waals surface area contributed by atoms with Crippen molar-refractivity contribution in [3.8, 4) is 0 Å². The van der Waals surface area contributed by atoms with E-state index >= 15 is 0 Å². The van der Waals surface area contributed by atoms with Crippen LogP contribution in [0.1, 0.15) is 23.5 Å². The molecule has 0 aliphatic carbocycles. The van der Waals surface area contributed by atoms with E-state index in [-0.39, 0.29) is 11.4 Å². The molecule has 0 radical (unpaired) electrons. The number of amides is 1. The first-order valence-corrected chi connectivity index (χ1v) is 5.59. The third-order valence-corrected chi connectivity index (χ3v) is 2.88. The summed E-state index contributed by atoms with van der Waals surface area (Å²) in [5.74, 6) is -0.0694. The van der Waals surface area contributed by atoms with E-state index in [1.165, 1.54) is 11.3 Å². The second-order valence-electron chi connectivity index (χ2n) is 4.09. The molecule has 1 amide bonds. The van der Waals surface area contributed by atoms with Gasteiger partial charge >= 0.3 is 0 Å². The summed E-state index contributed by atoms with van der Waals surface area (Å²) in [5, 5.41) is 6.76. The lowest BCUT2D eigenvalue weighted by Gasteiger charge is -2.18. The van der Waals surface area contributed by atoms with Gasteiger partial charge in [0.25, 0.3) is 5.91 Å². The second kappa shape index (κ2) is 4.63. The normalized spacial score (nSPS) is 11.2. The van der Waals surface area contributed by atoms with E-state index in [1.807, 2.05) is 27.0 Å². The molecule has 0 saturated carbocycles. The van der Waals surface area contributed by atoms with Crippen LogP contribution in [-0.2, 0) is 0 Å². The number of carbonyl (C=O) groups excluding carboxylic acids is 1. The summed E-state index contributed by atoms with van der Waals surface area (Å²) in [6, 6.07) is 3.68. The number of hydrogen-bond donors (Lipinski definition) is 3. The minimum Gasteiger partial charge on any atom is -0.380 e. The van der Waals surface area contributed by atoms with E-state index in [1.54, 1.807) is 6.07 Å². The van der Waals surface area contributed by atoms with Crippen LogP contribution in [0.5, 0.6) is 0 Å². The van der Waals surface area contributed by atoms with Gasteiger partial charge in [-0.05, 0) is 26.0 Å². The molecule has 0 saturated heterocycles. The van der Waals surface area contributed by atoms with Crippen molar-refractivity contribution in [3.05, 3.63) is 17.0 Å². The van der Waals surface area contributed by atoms with Crippen LogP contribution in [0.2, 0.25) is 0 Å². The molecule has 0 spiro atoms. The van der Waals surface area contributed by atoms with E-state index < -0.39 is 0 Å². The summed E-state index contributed by atoms with van der Waals surface area (Å²) in [6.07, 6.45) is 0. The fourth-order valence-electron chi connectivity index (χ4n) is 0.989. The van der Waals surface area contributed by atoms with Crippen molar-refractivity contribution < 1.29 is 4.79 Å². The van der Waals surface area contributed by atoms with Gasteiger partial charge in [0.15, 0.2) is 0 Å². The molecule has 4 N–H and O–H groups in total. The van der Waals surface area contributed by atoms with Crippen molar-refractivity contribution in [2.45, 2.75) is 19.4 Å². The van der Waals surface area contributed by atoms with Crippen molar-refractivity contribution >= 4 is 22.2 Å². The van der Waals surface area contributed by atoms with Crippen LogP contribution in [0.4, 0.5) is 5.00 Å². The first kappa shape index (κ1) is 12.0. The molecular formula is C10H17N3OS. The van der Waals surface area contributed by atoms with E-state index in [4.69, 9.17) is 5.73 Å². The molecule has 0 atom stereocenters. The molecule has 0 aliphatic rings. The van der Waals surface area contributed by atoms with Gasteiger partial charge in [0.1, 0.15) is 0 Å². The molecule has 0 bridgehead atoms. The second-order valence-corrected chi connectivity index (χ2v) is 5.17. The van der Waals surface area contributed by atoms with Gasteiger partial charge in [-0.25, -0.2) is 0 Å². The Labute approximate surface area is 93.9 Å². The summed E-state index contributed by atoms with van der Waals surface area (Å²) < 4.78 is 0. The van der Waals surface area contributed by atoms with Gasteiger partial charge in [0.2, 0.25) is 0 Å². The van der Waals surface area contributed by atoms with Crippen LogP contribution < -0.4 is 16.4 Å². The largest absolute Gasteiger partial charge is 0.380 e. The molecule has 1 heterocycles. The Hall–Kier alpha value is -1.07. The SMILES string of the molecule is CNc1ccc(C(=O)NCC(C)(C)N)s1. The number of nitrogens with one attached hydrogen (secondary N) is 2. The molecule has 15 heavy (non-hydrogen) atoms. The maximum atomic E-state index is 11.6. The Kier molecular flexibility index (Phi) is 3.71. The standard InChI is InChI=1S/C10H17N3OS/c1-10(2,11)6-13-9(14)7-4-5-8(12-3)15-7/h4-5,12H,6,11H2,1-3H3,(H,13,14). The summed E-state index contributed by atoms with van der Waals surface area (Å²) in [6.45, 7) is 4.22. The average Bonchev–Trinajstić information content (AvgIpc) is 2.61. The smallest absolute Gasteiger partial charge is 0.261 e. The zero-order chi connectivity index (χ0) is 11.5. The molecule has 1 aromatic rings. The summed E-state index contributed by atoms with van der Waals surface area (Å²) in [5.41, 5.74) is 5.39. The number of rotatable bonds is 4. The molecule has 0 aromatic carbocycles. The summed E-state index contributed by atoms with van der Waals surface area (Å²) >= 11 is 1.43. The molecular weight excluding hydrogens is 210 g/mol. The Bertz CT molecular complexity index is 341. The fraction of sp³-hybridized carbons (Fsp3) is 0.500.